The van der Waals surface area contributed by atoms with Crippen LogP contribution in [0.5, 0.6) is 0 Å². The van der Waals surface area contributed by atoms with E-state index in [9.17, 15) is 14.4 Å². The van der Waals surface area contributed by atoms with E-state index in [1.165, 1.54) is 44.1 Å². The van der Waals surface area contributed by atoms with Gasteiger partial charge in [0.05, 0.1) is 13.2 Å². The van der Waals surface area contributed by atoms with Crippen molar-refractivity contribution in [2.24, 2.45) is 17.8 Å². The number of ether oxygens (including phenoxy) is 1. The van der Waals surface area contributed by atoms with Crippen LogP contribution >= 0.6 is 0 Å². The van der Waals surface area contributed by atoms with Crippen LogP contribution in [0, 0.1) is 17.8 Å². The Bertz CT molecular complexity index is 978. The molecule has 1 aromatic rings. The van der Waals surface area contributed by atoms with E-state index in [1.54, 1.807) is 4.90 Å². The summed E-state index contributed by atoms with van der Waals surface area (Å²) in [7, 11) is 0. The number of hydrogen-bond acceptors (Lipinski definition) is 5. The molecule has 7 heteroatoms. The molecule has 3 aliphatic heterocycles. The third-order valence-electron chi connectivity index (χ3n) is 8.99. The number of nitrogens with zero attached hydrogens (tertiary/aromatic N) is 1. The second-order valence-corrected chi connectivity index (χ2v) is 11.1. The third kappa shape index (κ3) is 4.07. The molecule has 4 fully saturated rings. The van der Waals surface area contributed by atoms with Crippen LogP contribution in [0.25, 0.3) is 0 Å². The van der Waals surface area contributed by atoms with Gasteiger partial charge in [0.25, 0.3) is 5.91 Å². The van der Waals surface area contributed by atoms with Crippen LogP contribution < -0.4 is 10.6 Å². The summed E-state index contributed by atoms with van der Waals surface area (Å²) < 4.78 is 5.80. The van der Waals surface area contributed by atoms with Gasteiger partial charge in [0, 0.05) is 30.6 Å². The van der Waals surface area contributed by atoms with E-state index < -0.39 is 6.04 Å². The first-order chi connectivity index (χ1) is 16.6. The summed E-state index contributed by atoms with van der Waals surface area (Å²) in [4.78, 5) is 38.5. The van der Waals surface area contributed by atoms with Gasteiger partial charge in [-0.3, -0.25) is 19.7 Å². The lowest BCUT2D eigenvalue weighted by Gasteiger charge is -2.39. The molecule has 2 saturated heterocycles. The number of carbonyl (C=O) groups is 3. The second-order valence-electron chi connectivity index (χ2n) is 11.1. The molecule has 7 nitrogen and oxygen atoms in total. The highest BCUT2D eigenvalue weighted by molar-refractivity contribution is 6.05. The van der Waals surface area contributed by atoms with Crippen LogP contribution in [0.15, 0.2) is 18.2 Å². The average Bonchev–Trinajstić information content (AvgIpc) is 3.24. The molecule has 0 radical (unpaired) electrons. The molecule has 3 unspecified atom stereocenters. The molecule has 5 atom stereocenters. The smallest absolute Gasteiger partial charge is 0.255 e. The number of imide groups is 1. The Kier molecular flexibility index (Phi) is 5.94. The number of benzene rings is 1. The third-order valence-corrected chi connectivity index (χ3v) is 8.99. The first kappa shape index (κ1) is 22.2. The van der Waals surface area contributed by atoms with Gasteiger partial charge in [0.1, 0.15) is 6.04 Å². The van der Waals surface area contributed by atoms with Crippen LogP contribution in [0.4, 0.5) is 0 Å². The van der Waals surface area contributed by atoms with E-state index in [0.29, 0.717) is 48.4 Å². The predicted molar refractivity (Wildman–Crippen MR) is 126 cm³/mol. The summed E-state index contributed by atoms with van der Waals surface area (Å²) in [6.45, 7) is 2.27. The van der Waals surface area contributed by atoms with Gasteiger partial charge in [-0.25, -0.2) is 0 Å². The molecule has 182 valence electrons. The Morgan fingerprint density at radius 3 is 2.59 bits per heavy atom. The van der Waals surface area contributed by atoms with E-state index in [0.717, 1.165) is 25.2 Å². The van der Waals surface area contributed by atoms with Gasteiger partial charge in [0.2, 0.25) is 11.8 Å². The highest BCUT2D eigenvalue weighted by atomic mass is 16.5. The van der Waals surface area contributed by atoms with Crippen molar-refractivity contribution in [3.05, 3.63) is 34.9 Å². The Balaban J connectivity index is 1.14. The molecule has 0 spiro atoms. The van der Waals surface area contributed by atoms with E-state index in [-0.39, 0.29) is 24.1 Å². The quantitative estimate of drug-likeness (QED) is 0.653. The lowest BCUT2D eigenvalue weighted by atomic mass is 9.79. The lowest BCUT2D eigenvalue weighted by molar-refractivity contribution is -0.136. The van der Waals surface area contributed by atoms with Crippen molar-refractivity contribution in [2.45, 2.75) is 82.5 Å². The fourth-order valence-electron chi connectivity index (χ4n) is 7.17. The molecule has 2 aliphatic carbocycles. The summed E-state index contributed by atoms with van der Waals surface area (Å²) in [5.74, 6) is 1.25. The number of rotatable bonds is 5. The first-order valence-corrected chi connectivity index (χ1v) is 13.2. The van der Waals surface area contributed by atoms with E-state index >= 15 is 0 Å². The molecular formula is C27H35N3O4. The van der Waals surface area contributed by atoms with Crippen molar-refractivity contribution in [2.75, 3.05) is 13.2 Å². The Morgan fingerprint density at radius 1 is 1.00 bits per heavy atom. The van der Waals surface area contributed by atoms with Gasteiger partial charge in [0.15, 0.2) is 0 Å². The summed E-state index contributed by atoms with van der Waals surface area (Å²) in [5.41, 5.74) is 2.99. The van der Waals surface area contributed by atoms with Crippen molar-refractivity contribution in [1.29, 1.82) is 0 Å². The zero-order valence-electron chi connectivity index (χ0n) is 19.8. The minimum Gasteiger partial charge on any atom is -0.381 e. The molecule has 5 aliphatic rings. The maximum Gasteiger partial charge on any atom is 0.255 e. The molecule has 2 saturated carbocycles. The number of fused-ring (bicyclic) bond motifs is 3. The van der Waals surface area contributed by atoms with Crippen molar-refractivity contribution >= 4 is 17.7 Å². The van der Waals surface area contributed by atoms with Gasteiger partial charge < -0.3 is 15.0 Å². The lowest BCUT2D eigenvalue weighted by Crippen LogP contribution is -2.52. The zero-order valence-corrected chi connectivity index (χ0v) is 19.8. The molecule has 0 aromatic heterocycles. The van der Waals surface area contributed by atoms with Crippen LogP contribution in [0.1, 0.15) is 72.9 Å². The second kappa shape index (κ2) is 9.08. The van der Waals surface area contributed by atoms with Crippen LogP contribution in [-0.2, 0) is 27.3 Å². The SMILES string of the molecule is O=C1CCC(N2Cc3cc(C[C@H]4CCCC[C@@H]4NC4C5CCC4COC5)ccc3C2=O)C(=O)N1. The fraction of sp³-hybridized carbons (Fsp3) is 0.667. The van der Waals surface area contributed by atoms with Crippen molar-refractivity contribution in [3.63, 3.8) is 0 Å². The highest BCUT2D eigenvalue weighted by Crippen LogP contribution is 2.38. The molecule has 34 heavy (non-hydrogen) atoms. The summed E-state index contributed by atoms with van der Waals surface area (Å²) >= 11 is 0. The van der Waals surface area contributed by atoms with Crippen molar-refractivity contribution < 1.29 is 19.1 Å². The van der Waals surface area contributed by atoms with Crippen LogP contribution in [-0.4, -0.2) is 54.0 Å². The summed E-state index contributed by atoms with van der Waals surface area (Å²) in [5, 5.41) is 6.48. The number of carbonyl (C=O) groups excluding carboxylic acids is 3. The molecule has 6 rings (SSSR count). The minimum atomic E-state index is -0.553. The van der Waals surface area contributed by atoms with Crippen molar-refractivity contribution in [1.82, 2.24) is 15.5 Å². The highest BCUT2D eigenvalue weighted by Gasteiger charge is 2.42. The molecule has 3 amide bonds. The largest absolute Gasteiger partial charge is 0.381 e. The fourth-order valence-corrected chi connectivity index (χ4v) is 7.17. The van der Waals surface area contributed by atoms with Crippen LogP contribution in [0.2, 0.25) is 0 Å². The summed E-state index contributed by atoms with van der Waals surface area (Å²) in [6.07, 6.45) is 9.37. The normalized spacial score (nSPS) is 35.4. The zero-order chi connectivity index (χ0) is 23.2. The number of amides is 3. The first-order valence-electron chi connectivity index (χ1n) is 13.2. The maximum atomic E-state index is 13.0. The number of nitrogens with one attached hydrogen (secondary N) is 2. The standard InChI is InChI=1S/C27H35N3O4/c31-24-10-9-23(26(32)29-24)30-13-20-12-16(5-8-21(20)27(30)33)11-17-3-1-2-4-22(17)28-25-18-6-7-19(25)15-34-14-18/h5,8,12,17-19,22-23,25,28H,1-4,6-7,9-11,13-15H2,(H,29,31,32)/t17-,18?,19?,22+,23?,25?/m1/s1. The molecule has 1 aromatic carbocycles. The molecular weight excluding hydrogens is 430 g/mol. The van der Waals surface area contributed by atoms with Crippen LogP contribution in [0.3, 0.4) is 0 Å². The maximum absolute atomic E-state index is 13.0. The average molecular weight is 466 g/mol. The van der Waals surface area contributed by atoms with Crippen molar-refractivity contribution in [3.8, 4) is 0 Å². The van der Waals surface area contributed by atoms with Gasteiger partial charge in [-0.15, -0.1) is 0 Å². The van der Waals surface area contributed by atoms with Gasteiger partial charge >= 0.3 is 0 Å². The Labute approximate surface area is 201 Å². The Hall–Kier alpha value is -2.25. The van der Waals surface area contributed by atoms with Gasteiger partial charge in [-0.1, -0.05) is 25.0 Å². The molecule has 2 N–H and O–H groups in total. The number of piperidine rings is 1. The Morgan fingerprint density at radius 2 is 1.79 bits per heavy atom. The van der Waals surface area contributed by atoms with E-state index in [2.05, 4.69) is 22.8 Å². The van der Waals surface area contributed by atoms with Gasteiger partial charge in [-0.2, -0.15) is 0 Å². The van der Waals surface area contributed by atoms with E-state index in [4.69, 9.17) is 4.74 Å². The molecule has 3 heterocycles. The van der Waals surface area contributed by atoms with E-state index in [1.807, 2.05) is 6.07 Å². The van der Waals surface area contributed by atoms with Gasteiger partial charge in [-0.05, 0) is 73.5 Å². The summed E-state index contributed by atoms with van der Waals surface area (Å²) in [6, 6.07) is 6.84. The topological polar surface area (TPSA) is 87.7 Å². The number of hydrogen-bond donors (Lipinski definition) is 2. The minimum absolute atomic E-state index is 0.0942. The molecule has 2 bridgehead atoms. The monoisotopic (exact) mass is 465 g/mol. The predicted octanol–water partition coefficient (Wildman–Crippen LogP) is 2.56.